The van der Waals surface area contributed by atoms with Gasteiger partial charge in [0.15, 0.2) is 0 Å². The zero-order chi connectivity index (χ0) is 10.3. The van der Waals surface area contributed by atoms with Crippen LogP contribution in [0.15, 0.2) is 0 Å². The summed E-state index contributed by atoms with van der Waals surface area (Å²) in [6, 6.07) is 0. The number of rotatable bonds is 7. The number of thiocarbonyl (C=S) groups is 1. The third-order valence-electron chi connectivity index (χ3n) is 2.77. The molecule has 1 heteroatoms. The summed E-state index contributed by atoms with van der Waals surface area (Å²) in [6.07, 6.45) is 6.68. The van der Waals surface area contributed by atoms with Gasteiger partial charge in [0.2, 0.25) is 0 Å². The highest BCUT2D eigenvalue weighted by atomic mass is 32.1. The molecule has 0 aliphatic carbocycles. The van der Waals surface area contributed by atoms with Crippen LogP contribution in [0.5, 0.6) is 0 Å². The average molecular weight is 200 g/mol. The van der Waals surface area contributed by atoms with Gasteiger partial charge in [-0.1, -0.05) is 58.7 Å². The second kappa shape index (κ2) is 7.49. The molecule has 0 bridgehead atoms. The van der Waals surface area contributed by atoms with Gasteiger partial charge in [0.05, 0.1) is 0 Å². The van der Waals surface area contributed by atoms with Gasteiger partial charge in [0, 0.05) is 0 Å². The zero-order valence-corrected chi connectivity index (χ0v) is 10.4. The second-order valence-corrected chi connectivity index (χ2v) is 4.83. The maximum atomic E-state index is 5.20. The molecule has 0 saturated carbocycles. The van der Waals surface area contributed by atoms with Gasteiger partial charge in [-0.15, -0.1) is 0 Å². The largest absolute Gasteiger partial charge is 0.0897 e. The lowest BCUT2D eigenvalue weighted by atomic mass is 9.88. The number of hydrogen-bond donors (Lipinski definition) is 0. The summed E-state index contributed by atoms with van der Waals surface area (Å²) >= 11 is 5.20. The molecule has 78 valence electrons. The van der Waals surface area contributed by atoms with Crippen LogP contribution in [0, 0.1) is 11.8 Å². The standard InChI is InChI=1S/C12H24S/c1-5-7-12(8-6-2)9-10(3)11(4)13/h10,12H,5-9H2,1-4H3. The Labute approximate surface area is 89.1 Å². The van der Waals surface area contributed by atoms with Gasteiger partial charge in [-0.2, -0.15) is 0 Å². The van der Waals surface area contributed by atoms with Crippen molar-refractivity contribution in [3.63, 3.8) is 0 Å². The minimum atomic E-state index is 0.637. The lowest BCUT2D eigenvalue weighted by Gasteiger charge is -2.19. The van der Waals surface area contributed by atoms with E-state index in [2.05, 4.69) is 27.7 Å². The molecule has 0 radical (unpaired) electrons. The van der Waals surface area contributed by atoms with E-state index in [4.69, 9.17) is 12.2 Å². The van der Waals surface area contributed by atoms with Crippen LogP contribution < -0.4 is 0 Å². The van der Waals surface area contributed by atoms with E-state index in [9.17, 15) is 0 Å². The first-order chi connectivity index (χ1) is 6.11. The first-order valence-electron chi connectivity index (χ1n) is 5.62. The Balaban J connectivity index is 3.85. The molecule has 0 nitrogen and oxygen atoms in total. The van der Waals surface area contributed by atoms with E-state index in [0.717, 1.165) is 5.92 Å². The van der Waals surface area contributed by atoms with Crippen LogP contribution in [0.25, 0.3) is 0 Å². The van der Waals surface area contributed by atoms with Gasteiger partial charge in [0.1, 0.15) is 0 Å². The summed E-state index contributed by atoms with van der Waals surface area (Å²) in [6.45, 7) is 8.89. The molecule has 0 aromatic carbocycles. The first kappa shape index (κ1) is 13.1. The summed E-state index contributed by atoms with van der Waals surface area (Å²) in [4.78, 5) is 1.18. The van der Waals surface area contributed by atoms with E-state index in [-0.39, 0.29) is 0 Å². The zero-order valence-electron chi connectivity index (χ0n) is 9.60. The van der Waals surface area contributed by atoms with Gasteiger partial charge >= 0.3 is 0 Å². The average Bonchev–Trinajstić information content (AvgIpc) is 2.05. The quantitative estimate of drug-likeness (QED) is 0.540. The van der Waals surface area contributed by atoms with Crippen LogP contribution in [0.2, 0.25) is 0 Å². The Morgan fingerprint density at radius 3 is 1.92 bits per heavy atom. The van der Waals surface area contributed by atoms with Crippen molar-refractivity contribution in [3.8, 4) is 0 Å². The highest BCUT2D eigenvalue weighted by Gasteiger charge is 2.12. The van der Waals surface area contributed by atoms with Crippen LogP contribution in [0.3, 0.4) is 0 Å². The molecule has 0 aromatic heterocycles. The molecule has 0 fully saturated rings. The summed E-state index contributed by atoms with van der Waals surface area (Å²) in [5, 5.41) is 0. The fourth-order valence-electron chi connectivity index (χ4n) is 1.86. The monoisotopic (exact) mass is 200 g/mol. The van der Waals surface area contributed by atoms with E-state index in [1.165, 1.54) is 37.0 Å². The normalized spacial score (nSPS) is 13.3. The molecule has 0 aliphatic rings. The second-order valence-electron chi connectivity index (χ2n) is 4.19. The molecule has 13 heavy (non-hydrogen) atoms. The van der Waals surface area contributed by atoms with Crippen molar-refractivity contribution in [2.24, 2.45) is 11.8 Å². The molecule has 0 aromatic rings. The van der Waals surface area contributed by atoms with E-state index < -0.39 is 0 Å². The van der Waals surface area contributed by atoms with Gasteiger partial charge < -0.3 is 0 Å². The third-order valence-corrected chi connectivity index (χ3v) is 3.18. The number of hydrogen-bond acceptors (Lipinski definition) is 1. The molecule has 0 spiro atoms. The molecule has 0 heterocycles. The van der Waals surface area contributed by atoms with E-state index >= 15 is 0 Å². The van der Waals surface area contributed by atoms with Crippen LogP contribution in [0.4, 0.5) is 0 Å². The molecule has 0 rings (SSSR count). The summed E-state index contributed by atoms with van der Waals surface area (Å²) in [7, 11) is 0. The Hall–Kier alpha value is 0.0900. The maximum Gasteiger partial charge on any atom is -0.00742 e. The third kappa shape index (κ3) is 6.20. The van der Waals surface area contributed by atoms with Gasteiger partial charge in [-0.3, -0.25) is 0 Å². The van der Waals surface area contributed by atoms with Crippen molar-refractivity contribution in [2.45, 2.75) is 59.8 Å². The van der Waals surface area contributed by atoms with Crippen molar-refractivity contribution < 1.29 is 0 Å². The fourth-order valence-corrected chi connectivity index (χ4v) is 1.96. The minimum Gasteiger partial charge on any atom is -0.0897 e. The predicted molar refractivity (Wildman–Crippen MR) is 65.4 cm³/mol. The van der Waals surface area contributed by atoms with E-state index in [1.807, 2.05) is 0 Å². The van der Waals surface area contributed by atoms with Crippen molar-refractivity contribution >= 4 is 17.1 Å². The summed E-state index contributed by atoms with van der Waals surface area (Å²) in [5.41, 5.74) is 0. The lowest BCUT2D eigenvalue weighted by Crippen LogP contribution is -2.11. The molecular weight excluding hydrogens is 176 g/mol. The molecule has 1 atom stereocenters. The topological polar surface area (TPSA) is 0 Å². The summed E-state index contributed by atoms with van der Waals surface area (Å²) in [5.74, 6) is 1.54. The highest BCUT2D eigenvalue weighted by molar-refractivity contribution is 7.80. The predicted octanol–water partition coefficient (Wildman–Crippen LogP) is 4.62. The van der Waals surface area contributed by atoms with Crippen LogP contribution in [-0.4, -0.2) is 4.86 Å². The molecule has 0 saturated heterocycles. The van der Waals surface area contributed by atoms with E-state index in [0.29, 0.717) is 5.92 Å². The van der Waals surface area contributed by atoms with Crippen molar-refractivity contribution in [1.29, 1.82) is 0 Å². The molecule has 0 aliphatic heterocycles. The van der Waals surface area contributed by atoms with Crippen LogP contribution in [-0.2, 0) is 0 Å². The van der Waals surface area contributed by atoms with Crippen molar-refractivity contribution in [1.82, 2.24) is 0 Å². The smallest absolute Gasteiger partial charge is 0.00742 e. The summed E-state index contributed by atoms with van der Waals surface area (Å²) < 4.78 is 0. The van der Waals surface area contributed by atoms with Gasteiger partial charge in [-0.05, 0) is 30.0 Å². The fraction of sp³-hybridized carbons (Fsp3) is 0.917. The van der Waals surface area contributed by atoms with Crippen molar-refractivity contribution in [3.05, 3.63) is 0 Å². The lowest BCUT2D eigenvalue weighted by molar-refractivity contribution is 0.384. The Morgan fingerprint density at radius 2 is 1.62 bits per heavy atom. The Bertz CT molecular complexity index is 134. The highest BCUT2D eigenvalue weighted by Crippen LogP contribution is 2.22. The van der Waals surface area contributed by atoms with Crippen molar-refractivity contribution in [2.75, 3.05) is 0 Å². The molecular formula is C12H24S. The van der Waals surface area contributed by atoms with Crippen LogP contribution >= 0.6 is 12.2 Å². The first-order valence-corrected chi connectivity index (χ1v) is 6.03. The van der Waals surface area contributed by atoms with Gasteiger partial charge in [0.25, 0.3) is 0 Å². The SMILES string of the molecule is CCCC(CCC)CC(C)C(C)=S. The molecule has 0 amide bonds. The molecule has 1 unspecified atom stereocenters. The molecule has 0 N–H and O–H groups in total. The minimum absolute atomic E-state index is 0.637. The van der Waals surface area contributed by atoms with Crippen LogP contribution in [0.1, 0.15) is 59.8 Å². The van der Waals surface area contributed by atoms with E-state index in [1.54, 1.807) is 0 Å². The Morgan fingerprint density at radius 1 is 1.15 bits per heavy atom. The van der Waals surface area contributed by atoms with Gasteiger partial charge in [-0.25, -0.2) is 0 Å². The Kier molecular flexibility index (Phi) is 7.54. The maximum absolute atomic E-state index is 5.20.